The monoisotopic (exact) mass is 215 g/mol. The molecule has 0 fully saturated rings. The summed E-state index contributed by atoms with van der Waals surface area (Å²) in [6.07, 6.45) is 1.29. The number of allylic oxidation sites excluding steroid dienone is 1. The Morgan fingerprint density at radius 3 is 2.33 bits per heavy atom. The Kier molecular flexibility index (Phi) is 7.05. The van der Waals surface area contributed by atoms with Crippen molar-refractivity contribution in [2.45, 2.75) is 20.8 Å². The minimum Gasteiger partial charge on any atom is -0.465 e. The molecule has 0 atom stereocenters. The van der Waals surface area contributed by atoms with E-state index in [1.165, 1.54) is 6.08 Å². The lowest BCUT2D eigenvalue weighted by atomic mass is 10.4. The van der Waals surface area contributed by atoms with Crippen molar-refractivity contribution in [3.05, 3.63) is 11.8 Å². The minimum absolute atomic E-state index is 0.0512. The first-order valence-corrected chi connectivity index (χ1v) is 4.84. The molecular weight excluding hydrogens is 198 g/mol. The Morgan fingerprint density at radius 1 is 1.20 bits per heavy atom. The molecule has 0 aromatic carbocycles. The van der Waals surface area contributed by atoms with Gasteiger partial charge in [-0.25, -0.2) is 4.79 Å². The van der Waals surface area contributed by atoms with Crippen LogP contribution in [0.5, 0.6) is 0 Å². The molecule has 0 bridgehead atoms. The van der Waals surface area contributed by atoms with Gasteiger partial charge in [0.2, 0.25) is 0 Å². The number of esters is 2. The van der Waals surface area contributed by atoms with Crippen LogP contribution in [-0.2, 0) is 19.1 Å². The standard InChI is InChI=1S/C10H17NO4/c1-4-14-9(12)6-8(3)11-7-10(13)15-5-2/h6,11H,4-5,7H2,1-3H3/b8-6+. The predicted octanol–water partition coefficient (Wildman–Crippen LogP) is 0.606. The second-order valence-electron chi connectivity index (χ2n) is 2.74. The van der Waals surface area contributed by atoms with Crippen molar-refractivity contribution in [1.82, 2.24) is 5.32 Å². The van der Waals surface area contributed by atoms with Crippen molar-refractivity contribution in [2.75, 3.05) is 19.8 Å². The Labute approximate surface area is 89.4 Å². The minimum atomic E-state index is -0.425. The molecule has 0 aliphatic heterocycles. The van der Waals surface area contributed by atoms with Crippen LogP contribution in [0.4, 0.5) is 0 Å². The average molecular weight is 215 g/mol. The van der Waals surface area contributed by atoms with E-state index in [0.29, 0.717) is 18.9 Å². The van der Waals surface area contributed by atoms with Crippen molar-refractivity contribution in [2.24, 2.45) is 0 Å². The molecule has 0 aliphatic rings. The first-order valence-electron chi connectivity index (χ1n) is 4.84. The van der Waals surface area contributed by atoms with E-state index in [-0.39, 0.29) is 12.5 Å². The van der Waals surface area contributed by atoms with Gasteiger partial charge in [0, 0.05) is 11.8 Å². The van der Waals surface area contributed by atoms with E-state index >= 15 is 0 Å². The largest absolute Gasteiger partial charge is 0.465 e. The SMILES string of the molecule is CCOC(=O)/C=C(\C)NCC(=O)OCC. The lowest BCUT2D eigenvalue weighted by Crippen LogP contribution is -2.23. The highest BCUT2D eigenvalue weighted by Gasteiger charge is 2.02. The number of hydrogen-bond acceptors (Lipinski definition) is 5. The van der Waals surface area contributed by atoms with Crippen LogP contribution in [0.3, 0.4) is 0 Å². The van der Waals surface area contributed by atoms with Crippen LogP contribution in [-0.4, -0.2) is 31.7 Å². The van der Waals surface area contributed by atoms with Crippen molar-refractivity contribution in [3.8, 4) is 0 Å². The fourth-order valence-electron chi connectivity index (χ4n) is 0.835. The normalized spacial score (nSPS) is 10.7. The number of nitrogens with one attached hydrogen (secondary N) is 1. The summed E-state index contributed by atoms with van der Waals surface area (Å²) in [4.78, 5) is 21.9. The zero-order valence-corrected chi connectivity index (χ0v) is 9.33. The zero-order chi connectivity index (χ0) is 11.7. The van der Waals surface area contributed by atoms with Crippen LogP contribution in [0, 0.1) is 0 Å². The maximum Gasteiger partial charge on any atom is 0.332 e. The molecule has 5 nitrogen and oxygen atoms in total. The van der Waals surface area contributed by atoms with Gasteiger partial charge in [0.1, 0.15) is 6.54 Å². The fourth-order valence-corrected chi connectivity index (χ4v) is 0.835. The summed E-state index contributed by atoms with van der Waals surface area (Å²) < 4.78 is 9.40. The maximum absolute atomic E-state index is 11.0. The Hall–Kier alpha value is -1.52. The zero-order valence-electron chi connectivity index (χ0n) is 9.33. The lowest BCUT2D eigenvalue weighted by molar-refractivity contribution is -0.142. The third-order valence-electron chi connectivity index (χ3n) is 1.44. The molecule has 0 heterocycles. The molecule has 0 aromatic rings. The summed E-state index contributed by atoms with van der Waals surface area (Å²) in [6, 6.07) is 0. The first-order chi connectivity index (χ1) is 7.10. The predicted molar refractivity (Wildman–Crippen MR) is 55.0 cm³/mol. The second-order valence-corrected chi connectivity index (χ2v) is 2.74. The molecule has 0 rings (SSSR count). The first kappa shape index (κ1) is 13.5. The number of carbonyl (C=O) groups excluding carboxylic acids is 2. The van der Waals surface area contributed by atoms with Crippen molar-refractivity contribution < 1.29 is 19.1 Å². The smallest absolute Gasteiger partial charge is 0.332 e. The van der Waals surface area contributed by atoms with Crippen LogP contribution in [0.25, 0.3) is 0 Å². The van der Waals surface area contributed by atoms with Crippen LogP contribution in [0.15, 0.2) is 11.8 Å². The van der Waals surface area contributed by atoms with Crippen LogP contribution >= 0.6 is 0 Å². The summed E-state index contributed by atoms with van der Waals surface area (Å²) in [6.45, 7) is 5.87. The van der Waals surface area contributed by atoms with Gasteiger partial charge in [0.05, 0.1) is 13.2 Å². The molecule has 0 saturated carbocycles. The Balaban J connectivity index is 3.86. The number of carbonyl (C=O) groups is 2. The van der Waals surface area contributed by atoms with Crippen LogP contribution < -0.4 is 5.32 Å². The maximum atomic E-state index is 11.0. The van der Waals surface area contributed by atoms with Gasteiger partial charge in [0.15, 0.2) is 0 Å². The highest BCUT2D eigenvalue weighted by molar-refractivity contribution is 5.82. The second kappa shape index (κ2) is 7.84. The molecule has 0 aliphatic carbocycles. The van der Waals surface area contributed by atoms with E-state index in [0.717, 1.165) is 0 Å². The van der Waals surface area contributed by atoms with E-state index in [9.17, 15) is 9.59 Å². The van der Waals surface area contributed by atoms with Gasteiger partial charge >= 0.3 is 11.9 Å². The van der Waals surface area contributed by atoms with Gasteiger partial charge < -0.3 is 14.8 Å². The van der Waals surface area contributed by atoms with E-state index in [2.05, 4.69) is 5.32 Å². The summed E-state index contributed by atoms with van der Waals surface area (Å²) >= 11 is 0. The highest BCUT2D eigenvalue weighted by Crippen LogP contribution is 1.89. The van der Waals surface area contributed by atoms with Gasteiger partial charge in [0.25, 0.3) is 0 Å². The summed E-state index contributed by atoms with van der Waals surface area (Å²) in [5.41, 5.74) is 0.571. The summed E-state index contributed by atoms with van der Waals surface area (Å²) in [7, 11) is 0. The summed E-state index contributed by atoms with van der Waals surface area (Å²) in [5.74, 6) is -0.777. The molecule has 0 unspecified atom stereocenters. The molecule has 15 heavy (non-hydrogen) atoms. The van der Waals surface area contributed by atoms with Crippen LogP contribution in [0.1, 0.15) is 20.8 Å². The third kappa shape index (κ3) is 7.54. The van der Waals surface area contributed by atoms with E-state index in [1.807, 2.05) is 0 Å². The Bertz CT molecular complexity index is 248. The van der Waals surface area contributed by atoms with Crippen molar-refractivity contribution >= 4 is 11.9 Å². The molecule has 1 N–H and O–H groups in total. The molecule has 0 aromatic heterocycles. The molecule has 0 amide bonds. The van der Waals surface area contributed by atoms with Crippen molar-refractivity contribution in [3.63, 3.8) is 0 Å². The molecule has 0 spiro atoms. The summed E-state index contributed by atoms with van der Waals surface area (Å²) in [5, 5.41) is 2.74. The van der Waals surface area contributed by atoms with E-state index in [1.54, 1.807) is 20.8 Å². The molecule has 86 valence electrons. The van der Waals surface area contributed by atoms with Gasteiger partial charge in [-0.2, -0.15) is 0 Å². The van der Waals surface area contributed by atoms with Gasteiger partial charge in [-0.05, 0) is 20.8 Å². The fraction of sp³-hybridized carbons (Fsp3) is 0.600. The third-order valence-corrected chi connectivity index (χ3v) is 1.44. The van der Waals surface area contributed by atoms with Gasteiger partial charge in [-0.3, -0.25) is 4.79 Å². The number of hydrogen-bond donors (Lipinski definition) is 1. The molecule has 0 saturated heterocycles. The quantitative estimate of drug-likeness (QED) is 0.519. The molecule has 5 heteroatoms. The highest BCUT2D eigenvalue weighted by atomic mass is 16.5. The van der Waals surface area contributed by atoms with E-state index < -0.39 is 5.97 Å². The molecule has 0 radical (unpaired) electrons. The lowest BCUT2D eigenvalue weighted by Gasteiger charge is -2.05. The van der Waals surface area contributed by atoms with Gasteiger partial charge in [-0.15, -0.1) is 0 Å². The molecular formula is C10H17NO4. The topological polar surface area (TPSA) is 64.6 Å². The van der Waals surface area contributed by atoms with Gasteiger partial charge in [-0.1, -0.05) is 0 Å². The number of ether oxygens (including phenoxy) is 2. The van der Waals surface area contributed by atoms with Crippen LogP contribution in [0.2, 0.25) is 0 Å². The average Bonchev–Trinajstić information content (AvgIpc) is 2.15. The van der Waals surface area contributed by atoms with E-state index in [4.69, 9.17) is 9.47 Å². The number of rotatable bonds is 6. The Morgan fingerprint density at radius 2 is 1.80 bits per heavy atom. The van der Waals surface area contributed by atoms with Crippen molar-refractivity contribution in [1.29, 1.82) is 0 Å².